The second-order valence-electron chi connectivity index (χ2n) is 22.6. The van der Waals surface area contributed by atoms with E-state index in [1.54, 1.807) is 0 Å². The first kappa shape index (κ1) is 73.1. The summed E-state index contributed by atoms with van der Waals surface area (Å²) in [4.78, 5) is 13.1. The normalized spacial score (nSPS) is 24.3. The summed E-state index contributed by atoms with van der Waals surface area (Å²) in [5, 5.41) is 72.5. The number of hydrogen-bond acceptors (Lipinski definition) is 14. The van der Waals surface area contributed by atoms with Gasteiger partial charge in [0.25, 0.3) is 0 Å². The standard InChI is InChI=1S/C65H118O14/c1-3-5-7-9-11-13-15-17-19-21-23-24-25-26-27-28-29-31-33-35-37-39-41-43-45-47-49-74-51-54(77-57(67)48-46-44-42-40-38-36-34-32-30-22-20-18-16-14-12-10-8-6-4-2)52-75-64-63(73)61(71)59(69)56(79-64)53-76-65-62(72)60(70)58(68)55(50-66)78-65/h12,14,18,20-21,23,30,32,54-56,58-66,68-73H,3-11,13,15-17,19,22,24-29,31,33-53H2,1-2H3/b14-12-,20-18-,23-21-,32-30-. The van der Waals surface area contributed by atoms with Gasteiger partial charge in [-0.05, 0) is 77.0 Å². The number of aliphatic hydroxyl groups excluding tert-OH is 7. The average molecular weight is 1120 g/mol. The molecule has 0 bridgehead atoms. The van der Waals surface area contributed by atoms with Crippen molar-refractivity contribution in [3.8, 4) is 0 Å². The van der Waals surface area contributed by atoms with E-state index in [9.17, 15) is 40.5 Å². The fourth-order valence-corrected chi connectivity index (χ4v) is 10.1. The van der Waals surface area contributed by atoms with Crippen LogP contribution in [0.3, 0.4) is 0 Å². The van der Waals surface area contributed by atoms with E-state index >= 15 is 0 Å². The van der Waals surface area contributed by atoms with Crippen LogP contribution in [0.4, 0.5) is 0 Å². The maximum absolute atomic E-state index is 13.1. The Balaban J connectivity index is 1.67. The van der Waals surface area contributed by atoms with Crippen molar-refractivity contribution in [3.63, 3.8) is 0 Å². The van der Waals surface area contributed by atoms with Gasteiger partial charge in [-0.3, -0.25) is 4.79 Å². The van der Waals surface area contributed by atoms with Crippen molar-refractivity contribution in [1.29, 1.82) is 0 Å². The molecule has 0 radical (unpaired) electrons. The SMILES string of the molecule is CCCCC/C=C\C/C=C\C/C=C\CCCCCCCCC(=O)OC(COCCCCCCCCCCCCCCCC/C=C\CCCCCCCCCC)COC1OC(COC2OC(CO)C(O)C(O)C2O)C(O)C(O)C1O. The largest absolute Gasteiger partial charge is 0.457 e. The minimum atomic E-state index is -1.71. The van der Waals surface area contributed by atoms with Gasteiger partial charge in [-0.15, -0.1) is 0 Å². The Morgan fingerprint density at radius 3 is 1.27 bits per heavy atom. The van der Waals surface area contributed by atoms with Crippen molar-refractivity contribution in [2.24, 2.45) is 0 Å². The van der Waals surface area contributed by atoms with Crippen LogP contribution in [0.5, 0.6) is 0 Å². The Labute approximate surface area is 480 Å². The maximum Gasteiger partial charge on any atom is 0.306 e. The summed E-state index contributed by atoms with van der Waals surface area (Å²) in [5.74, 6) is -0.385. The molecule has 0 aromatic rings. The van der Waals surface area contributed by atoms with E-state index in [0.717, 1.165) is 70.6 Å². The van der Waals surface area contributed by atoms with Crippen molar-refractivity contribution in [2.45, 2.75) is 325 Å². The van der Waals surface area contributed by atoms with Crippen LogP contribution in [0.2, 0.25) is 0 Å². The predicted molar refractivity (Wildman–Crippen MR) is 316 cm³/mol. The molecule has 0 amide bonds. The van der Waals surface area contributed by atoms with Crippen molar-refractivity contribution < 1.29 is 69.0 Å². The molecular formula is C65H118O14. The lowest BCUT2D eigenvalue weighted by molar-refractivity contribution is -0.332. The number of carbonyl (C=O) groups is 1. The monoisotopic (exact) mass is 1120 g/mol. The Kier molecular flexibility index (Phi) is 47.7. The van der Waals surface area contributed by atoms with E-state index in [0.29, 0.717) is 13.0 Å². The van der Waals surface area contributed by atoms with Crippen LogP contribution in [0.25, 0.3) is 0 Å². The highest BCUT2D eigenvalue weighted by atomic mass is 16.7. The van der Waals surface area contributed by atoms with Crippen LogP contribution in [0.15, 0.2) is 48.6 Å². The van der Waals surface area contributed by atoms with Crippen LogP contribution >= 0.6 is 0 Å². The summed E-state index contributed by atoms with van der Waals surface area (Å²) in [6.45, 7) is 3.68. The first-order valence-electron chi connectivity index (χ1n) is 32.2. The number of carbonyl (C=O) groups excluding carboxylic acids is 1. The number of unbranched alkanes of at least 4 members (excludes halogenated alkanes) is 31. The molecule has 462 valence electrons. The topological polar surface area (TPSA) is 214 Å². The zero-order valence-electron chi connectivity index (χ0n) is 49.9. The molecule has 0 saturated carbocycles. The van der Waals surface area contributed by atoms with Gasteiger partial charge in [-0.2, -0.15) is 0 Å². The lowest BCUT2D eigenvalue weighted by Gasteiger charge is -2.42. The molecule has 2 heterocycles. The average Bonchev–Trinajstić information content (AvgIpc) is 3.46. The third kappa shape index (κ3) is 37.7. The molecule has 11 unspecified atom stereocenters. The van der Waals surface area contributed by atoms with Gasteiger partial charge in [0.1, 0.15) is 54.9 Å². The fourth-order valence-electron chi connectivity index (χ4n) is 10.1. The molecule has 0 aliphatic carbocycles. The fraction of sp³-hybridized carbons (Fsp3) is 0.862. The number of allylic oxidation sites excluding steroid dienone is 8. The van der Waals surface area contributed by atoms with Crippen LogP contribution < -0.4 is 0 Å². The molecule has 79 heavy (non-hydrogen) atoms. The molecule has 0 aromatic carbocycles. The van der Waals surface area contributed by atoms with Crippen molar-refractivity contribution in [3.05, 3.63) is 48.6 Å². The van der Waals surface area contributed by atoms with Gasteiger partial charge < -0.3 is 64.2 Å². The van der Waals surface area contributed by atoms with Crippen molar-refractivity contribution in [1.82, 2.24) is 0 Å². The highest BCUT2D eigenvalue weighted by molar-refractivity contribution is 5.69. The minimum Gasteiger partial charge on any atom is -0.457 e. The molecule has 0 aromatic heterocycles. The Bertz CT molecular complexity index is 1490. The van der Waals surface area contributed by atoms with E-state index in [1.807, 2.05) is 0 Å². The summed E-state index contributed by atoms with van der Waals surface area (Å²) >= 11 is 0. The maximum atomic E-state index is 13.1. The van der Waals surface area contributed by atoms with Crippen LogP contribution in [0, 0.1) is 0 Å². The van der Waals surface area contributed by atoms with E-state index < -0.39 is 80.7 Å². The second-order valence-corrected chi connectivity index (χ2v) is 22.6. The van der Waals surface area contributed by atoms with Crippen LogP contribution in [0.1, 0.15) is 258 Å². The van der Waals surface area contributed by atoms with Gasteiger partial charge in [0, 0.05) is 13.0 Å². The quantitative estimate of drug-likeness (QED) is 0.0172. The highest BCUT2D eigenvalue weighted by Gasteiger charge is 2.47. The Morgan fingerprint density at radius 2 is 0.785 bits per heavy atom. The summed E-state index contributed by atoms with van der Waals surface area (Å²) in [7, 11) is 0. The molecule has 14 heteroatoms. The molecule has 0 spiro atoms. The Morgan fingerprint density at radius 1 is 0.418 bits per heavy atom. The minimum absolute atomic E-state index is 0.0570. The number of ether oxygens (including phenoxy) is 6. The third-order valence-corrected chi connectivity index (χ3v) is 15.3. The van der Waals surface area contributed by atoms with Gasteiger partial charge in [0.2, 0.25) is 0 Å². The van der Waals surface area contributed by atoms with Gasteiger partial charge in [-0.1, -0.05) is 223 Å². The summed E-state index contributed by atoms with van der Waals surface area (Å²) in [5.41, 5.74) is 0. The van der Waals surface area contributed by atoms with Gasteiger partial charge in [-0.25, -0.2) is 0 Å². The van der Waals surface area contributed by atoms with Crippen LogP contribution in [-0.2, 0) is 33.2 Å². The van der Waals surface area contributed by atoms with Crippen molar-refractivity contribution in [2.75, 3.05) is 33.0 Å². The number of hydrogen-bond donors (Lipinski definition) is 7. The smallest absolute Gasteiger partial charge is 0.306 e. The first-order chi connectivity index (χ1) is 38.6. The van der Waals surface area contributed by atoms with Crippen LogP contribution in [-0.4, -0.2) is 142 Å². The molecular weight excluding hydrogens is 1000 g/mol. The predicted octanol–water partition coefficient (Wildman–Crippen LogP) is 12.6. The zero-order chi connectivity index (χ0) is 57.2. The molecule has 2 fully saturated rings. The van der Waals surface area contributed by atoms with Gasteiger partial charge >= 0.3 is 5.97 Å². The molecule has 2 saturated heterocycles. The van der Waals surface area contributed by atoms with E-state index in [2.05, 4.69) is 62.5 Å². The zero-order valence-corrected chi connectivity index (χ0v) is 49.9. The van der Waals surface area contributed by atoms with Gasteiger partial charge in [0.05, 0.1) is 26.4 Å². The van der Waals surface area contributed by atoms with E-state index in [-0.39, 0.29) is 25.6 Å². The molecule has 11 atom stereocenters. The van der Waals surface area contributed by atoms with E-state index in [4.69, 9.17) is 28.4 Å². The summed E-state index contributed by atoms with van der Waals surface area (Å²) in [6, 6.07) is 0. The Hall–Kier alpha value is -2.05. The third-order valence-electron chi connectivity index (χ3n) is 15.3. The lowest BCUT2D eigenvalue weighted by atomic mass is 9.98. The summed E-state index contributed by atoms with van der Waals surface area (Å²) < 4.78 is 34.5. The van der Waals surface area contributed by atoms with Crippen molar-refractivity contribution >= 4 is 5.97 Å². The molecule has 2 aliphatic rings. The molecule has 14 nitrogen and oxygen atoms in total. The molecule has 2 rings (SSSR count). The molecule has 2 aliphatic heterocycles. The summed E-state index contributed by atoms with van der Waals surface area (Å²) in [6.07, 6.45) is 47.5. The number of esters is 1. The number of rotatable bonds is 53. The highest BCUT2D eigenvalue weighted by Crippen LogP contribution is 2.27. The molecule has 7 N–H and O–H groups in total. The first-order valence-corrected chi connectivity index (χ1v) is 32.2. The van der Waals surface area contributed by atoms with E-state index in [1.165, 1.54) is 161 Å². The van der Waals surface area contributed by atoms with Gasteiger partial charge in [0.15, 0.2) is 12.6 Å². The lowest BCUT2D eigenvalue weighted by Crippen LogP contribution is -2.61. The second kappa shape index (κ2) is 51.6. The number of aliphatic hydroxyl groups is 7.